The highest BCUT2D eigenvalue weighted by Crippen LogP contribution is 2.23. The molecule has 2 N–H and O–H groups in total. The lowest BCUT2D eigenvalue weighted by Crippen LogP contribution is -2.26. The predicted octanol–water partition coefficient (Wildman–Crippen LogP) is 4.37. The first-order valence-electron chi connectivity index (χ1n) is 6.61. The lowest BCUT2D eigenvalue weighted by atomic mass is 10.2. The van der Waals surface area contributed by atoms with Gasteiger partial charge in [-0.05, 0) is 48.9 Å². The van der Waals surface area contributed by atoms with Crippen molar-refractivity contribution in [3.63, 3.8) is 0 Å². The molecule has 5 heteroatoms. The van der Waals surface area contributed by atoms with Gasteiger partial charge in [-0.15, -0.1) is 0 Å². The number of aliphatic hydroxyl groups is 1. The van der Waals surface area contributed by atoms with Gasteiger partial charge in [-0.1, -0.05) is 37.9 Å². The topological polar surface area (TPSA) is 41.5 Å². The number of benzene rings is 2. The maximum Gasteiger partial charge on any atom is 0.119 e. The molecule has 0 spiro atoms. The fourth-order valence-corrected chi connectivity index (χ4v) is 2.44. The molecule has 1 atom stereocenters. The average molecular weight is 415 g/mol. The molecule has 3 nitrogen and oxygen atoms in total. The Labute approximate surface area is 141 Å². The first-order chi connectivity index (χ1) is 10.1. The summed E-state index contributed by atoms with van der Waals surface area (Å²) in [6, 6.07) is 13.5. The van der Waals surface area contributed by atoms with Crippen molar-refractivity contribution in [2.24, 2.45) is 0 Å². The standard InChI is InChI=1S/C16H17Br2NO2/c1-11-15(18)3-2-4-16(11)19-9-13(20)10-21-14-7-5-12(17)6-8-14/h2-8,13,19-20H,9-10H2,1H3. The summed E-state index contributed by atoms with van der Waals surface area (Å²) >= 11 is 6.86. The average Bonchev–Trinajstić information content (AvgIpc) is 2.48. The van der Waals surface area contributed by atoms with E-state index in [1.54, 1.807) is 0 Å². The van der Waals surface area contributed by atoms with Crippen molar-refractivity contribution in [1.29, 1.82) is 0 Å². The molecule has 0 saturated carbocycles. The summed E-state index contributed by atoms with van der Waals surface area (Å²) in [5.41, 5.74) is 2.13. The Hall–Kier alpha value is -1.04. The van der Waals surface area contributed by atoms with Gasteiger partial charge in [-0.2, -0.15) is 0 Å². The molecule has 0 aliphatic rings. The number of nitrogens with one attached hydrogen (secondary N) is 1. The molecule has 0 fully saturated rings. The van der Waals surface area contributed by atoms with Gasteiger partial charge in [0.15, 0.2) is 0 Å². The summed E-state index contributed by atoms with van der Waals surface area (Å²) in [7, 11) is 0. The molecule has 0 amide bonds. The van der Waals surface area contributed by atoms with Crippen LogP contribution in [-0.4, -0.2) is 24.4 Å². The van der Waals surface area contributed by atoms with Gasteiger partial charge in [-0.3, -0.25) is 0 Å². The lowest BCUT2D eigenvalue weighted by molar-refractivity contribution is 0.117. The van der Waals surface area contributed by atoms with Crippen molar-refractivity contribution >= 4 is 37.5 Å². The van der Waals surface area contributed by atoms with E-state index in [0.717, 1.165) is 25.9 Å². The van der Waals surface area contributed by atoms with Crippen molar-refractivity contribution in [3.8, 4) is 5.75 Å². The third-order valence-electron chi connectivity index (χ3n) is 3.05. The van der Waals surface area contributed by atoms with Gasteiger partial charge in [0.05, 0.1) is 0 Å². The Morgan fingerprint density at radius 2 is 1.86 bits per heavy atom. The number of hydrogen-bond donors (Lipinski definition) is 2. The third-order valence-corrected chi connectivity index (χ3v) is 4.44. The van der Waals surface area contributed by atoms with Gasteiger partial charge in [0.25, 0.3) is 0 Å². The number of aliphatic hydroxyl groups excluding tert-OH is 1. The van der Waals surface area contributed by atoms with Crippen LogP contribution in [0.5, 0.6) is 5.75 Å². The molecule has 0 bridgehead atoms. The van der Waals surface area contributed by atoms with Crippen LogP contribution in [-0.2, 0) is 0 Å². The zero-order valence-corrected chi connectivity index (χ0v) is 14.8. The molecule has 0 aliphatic carbocycles. The second-order valence-electron chi connectivity index (χ2n) is 4.71. The second-order valence-corrected chi connectivity index (χ2v) is 6.48. The largest absolute Gasteiger partial charge is 0.491 e. The molecular formula is C16H17Br2NO2. The minimum absolute atomic E-state index is 0.252. The lowest BCUT2D eigenvalue weighted by Gasteiger charge is -2.15. The Morgan fingerprint density at radius 1 is 1.14 bits per heavy atom. The number of rotatable bonds is 6. The summed E-state index contributed by atoms with van der Waals surface area (Å²) in [6.07, 6.45) is -0.577. The quantitative estimate of drug-likeness (QED) is 0.737. The molecule has 0 heterocycles. The van der Waals surface area contributed by atoms with Crippen LogP contribution in [0.1, 0.15) is 5.56 Å². The van der Waals surface area contributed by atoms with Crippen molar-refractivity contribution in [1.82, 2.24) is 0 Å². The fraction of sp³-hybridized carbons (Fsp3) is 0.250. The highest BCUT2D eigenvalue weighted by molar-refractivity contribution is 9.10. The van der Waals surface area contributed by atoms with Crippen LogP contribution in [0.2, 0.25) is 0 Å². The molecule has 2 aromatic rings. The van der Waals surface area contributed by atoms with Crippen LogP contribution in [0.25, 0.3) is 0 Å². The smallest absolute Gasteiger partial charge is 0.119 e. The molecule has 0 aliphatic heterocycles. The van der Waals surface area contributed by atoms with Gasteiger partial charge < -0.3 is 15.2 Å². The Morgan fingerprint density at radius 3 is 2.57 bits per heavy atom. The third kappa shape index (κ3) is 5.02. The highest BCUT2D eigenvalue weighted by atomic mass is 79.9. The highest BCUT2D eigenvalue weighted by Gasteiger charge is 2.07. The normalized spacial score (nSPS) is 12.0. The maximum absolute atomic E-state index is 9.98. The van der Waals surface area contributed by atoms with Gasteiger partial charge in [0.2, 0.25) is 0 Å². The first-order valence-corrected chi connectivity index (χ1v) is 8.20. The van der Waals surface area contributed by atoms with Crippen molar-refractivity contribution in [3.05, 3.63) is 57.0 Å². The number of ether oxygens (including phenoxy) is 1. The van der Waals surface area contributed by atoms with Gasteiger partial charge in [0.1, 0.15) is 18.5 Å². The molecule has 1 unspecified atom stereocenters. The van der Waals surface area contributed by atoms with Crippen LogP contribution in [0.3, 0.4) is 0 Å². The maximum atomic E-state index is 9.98. The summed E-state index contributed by atoms with van der Waals surface area (Å²) in [4.78, 5) is 0. The SMILES string of the molecule is Cc1c(Br)cccc1NCC(O)COc1ccc(Br)cc1. The van der Waals surface area contributed by atoms with Crippen LogP contribution in [0, 0.1) is 6.92 Å². The molecule has 2 rings (SSSR count). The molecular weight excluding hydrogens is 398 g/mol. The van der Waals surface area contributed by atoms with Crippen LogP contribution in [0.15, 0.2) is 51.4 Å². The summed E-state index contributed by atoms with van der Waals surface area (Å²) in [5.74, 6) is 0.746. The van der Waals surface area contributed by atoms with Gasteiger partial charge in [-0.25, -0.2) is 0 Å². The molecule has 0 aromatic heterocycles. The van der Waals surface area contributed by atoms with Crippen LogP contribution >= 0.6 is 31.9 Å². The van der Waals surface area contributed by atoms with Crippen molar-refractivity contribution in [2.75, 3.05) is 18.5 Å². The van der Waals surface area contributed by atoms with E-state index in [0.29, 0.717) is 6.54 Å². The van der Waals surface area contributed by atoms with Gasteiger partial charge in [0, 0.05) is 21.2 Å². The van der Waals surface area contributed by atoms with Crippen LogP contribution in [0.4, 0.5) is 5.69 Å². The van der Waals surface area contributed by atoms with E-state index >= 15 is 0 Å². The number of hydrogen-bond acceptors (Lipinski definition) is 3. The molecule has 0 radical (unpaired) electrons. The van der Waals surface area contributed by atoms with E-state index < -0.39 is 6.10 Å². The van der Waals surface area contributed by atoms with Crippen LogP contribution < -0.4 is 10.1 Å². The van der Waals surface area contributed by atoms with E-state index in [2.05, 4.69) is 37.2 Å². The number of halogens is 2. The molecule has 21 heavy (non-hydrogen) atoms. The first kappa shape index (κ1) is 16.3. The second kappa shape index (κ2) is 7.82. The monoisotopic (exact) mass is 413 g/mol. The van der Waals surface area contributed by atoms with Gasteiger partial charge >= 0.3 is 0 Å². The Balaban J connectivity index is 1.80. The molecule has 112 valence electrons. The van der Waals surface area contributed by atoms with Crippen molar-refractivity contribution in [2.45, 2.75) is 13.0 Å². The summed E-state index contributed by atoms with van der Waals surface area (Å²) in [5, 5.41) is 13.2. The van der Waals surface area contributed by atoms with E-state index in [1.807, 2.05) is 49.4 Å². The zero-order chi connectivity index (χ0) is 15.2. The molecule has 2 aromatic carbocycles. The summed E-state index contributed by atoms with van der Waals surface area (Å²) < 4.78 is 7.60. The van der Waals surface area contributed by atoms with Crippen molar-refractivity contribution < 1.29 is 9.84 Å². The molecule has 0 saturated heterocycles. The van der Waals surface area contributed by atoms with E-state index in [9.17, 15) is 5.11 Å². The fourth-order valence-electron chi connectivity index (χ4n) is 1.81. The summed E-state index contributed by atoms with van der Waals surface area (Å²) in [6.45, 7) is 2.71. The minimum atomic E-state index is -0.577. The predicted molar refractivity (Wildman–Crippen MR) is 93.0 cm³/mol. The zero-order valence-electron chi connectivity index (χ0n) is 11.6. The van der Waals surface area contributed by atoms with E-state index in [-0.39, 0.29) is 6.61 Å². The Kier molecular flexibility index (Phi) is 6.08. The van der Waals surface area contributed by atoms with E-state index in [4.69, 9.17) is 4.74 Å². The number of anilines is 1. The van der Waals surface area contributed by atoms with E-state index in [1.165, 1.54) is 0 Å². The Bertz CT molecular complexity index is 587. The minimum Gasteiger partial charge on any atom is -0.491 e.